The molecule has 0 radical (unpaired) electrons. The summed E-state index contributed by atoms with van der Waals surface area (Å²) in [4.78, 5) is 0. The highest BCUT2D eigenvalue weighted by molar-refractivity contribution is 5.89. The first-order valence-corrected chi connectivity index (χ1v) is 10.9. The summed E-state index contributed by atoms with van der Waals surface area (Å²) in [5.74, 6) is 0. The molecule has 0 spiro atoms. The zero-order valence-corrected chi connectivity index (χ0v) is 17.2. The van der Waals surface area contributed by atoms with Crippen LogP contribution in [0.15, 0.2) is 42.5 Å². The van der Waals surface area contributed by atoms with E-state index in [9.17, 15) is 0 Å². The van der Waals surface area contributed by atoms with Gasteiger partial charge in [0.05, 0.1) is 0 Å². The van der Waals surface area contributed by atoms with Crippen LogP contribution in [0.4, 0.5) is 0 Å². The first kappa shape index (κ1) is 18.3. The van der Waals surface area contributed by atoms with E-state index in [1.807, 2.05) is 0 Å². The lowest BCUT2D eigenvalue weighted by molar-refractivity contribution is 0.860. The van der Waals surface area contributed by atoms with Crippen LogP contribution < -0.4 is 0 Å². The van der Waals surface area contributed by atoms with Gasteiger partial charge in [-0.15, -0.1) is 0 Å². The Kier molecular flexibility index (Phi) is 5.34. The first-order valence-electron chi connectivity index (χ1n) is 10.9. The maximum absolute atomic E-state index is 2.55. The molecule has 2 aliphatic rings. The van der Waals surface area contributed by atoms with Crippen LogP contribution in [0.5, 0.6) is 0 Å². The molecule has 0 nitrogen and oxygen atoms in total. The largest absolute Gasteiger partial charge is 0.0801 e. The van der Waals surface area contributed by atoms with E-state index in [2.05, 4.69) is 63.3 Å². The van der Waals surface area contributed by atoms with E-state index in [4.69, 9.17) is 0 Å². The highest BCUT2D eigenvalue weighted by Crippen LogP contribution is 2.47. The number of hydrogen-bond acceptors (Lipinski definition) is 0. The van der Waals surface area contributed by atoms with Crippen LogP contribution in [0.25, 0.3) is 16.7 Å². The van der Waals surface area contributed by atoms with Gasteiger partial charge >= 0.3 is 0 Å². The van der Waals surface area contributed by atoms with Crippen molar-refractivity contribution in [3.8, 4) is 11.1 Å². The molecule has 0 saturated carbocycles. The maximum Gasteiger partial charge on any atom is -0.000719 e. The van der Waals surface area contributed by atoms with Gasteiger partial charge in [-0.2, -0.15) is 0 Å². The molecule has 2 aliphatic carbocycles. The maximum atomic E-state index is 2.55. The smallest absolute Gasteiger partial charge is 0.000719 e. The van der Waals surface area contributed by atoms with Gasteiger partial charge in [0.2, 0.25) is 0 Å². The molecule has 2 aromatic carbocycles. The fourth-order valence-electron chi connectivity index (χ4n) is 5.06. The van der Waals surface area contributed by atoms with Crippen molar-refractivity contribution in [2.24, 2.45) is 0 Å². The third kappa shape index (κ3) is 3.20. The van der Waals surface area contributed by atoms with Crippen LogP contribution in [-0.2, 0) is 25.7 Å². The van der Waals surface area contributed by atoms with Gasteiger partial charge in [-0.3, -0.25) is 0 Å². The van der Waals surface area contributed by atoms with Gasteiger partial charge in [0.1, 0.15) is 0 Å². The molecule has 4 rings (SSSR count). The number of allylic oxidation sites excluding steroid dienone is 4. The molecular weight excluding hydrogens is 324 g/mol. The van der Waals surface area contributed by atoms with E-state index in [1.165, 1.54) is 49.7 Å². The third-order valence-corrected chi connectivity index (χ3v) is 6.15. The van der Waals surface area contributed by atoms with E-state index >= 15 is 0 Å². The molecule has 27 heavy (non-hydrogen) atoms. The molecule has 140 valence electrons. The molecule has 0 atom stereocenters. The summed E-state index contributed by atoms with van der Waals surface area (Å²) in [5.41, 5.74) is 14.2. The molecule has 0 N–H and O–H groups in total. The van der Waals surface area contributed by atoms with Gasteiger partial charge in [0.25, 0.3) is 0 Å². The van der Waals surface area contributed by atoms with Crippen LogP contribution in [0.1, 0.15) is 79.8 Å². The summed E-state index contributed by atoms with van der Waals surface area (Å²) in [6, 6.07) is 9.57. The molecular formula is C27H32. The molecule has 0 aromatic heterocycles. The quantitative estimate of drug-likeness (QED) is 0.412. The number of rotatable bonds is 7. The van der Waals surface area contributed by atoms with E-state index in [1.54, 1.807) is 38.9 Å². The minimum absolute atomic E-state index is 1.09. The van der Waals surface area contributed by atoms with Crippen LogP contribution in [0.2, 0.25) is 0 Å². The average Bonchev–Trinajstić information content (AvgIpc) is 3.32. The molecule has 0 amide bonds. The Morgan fingerprint density at radius 3 is 2.33 bits per heavy atom. The zero-order valence-electron chi connectivity index (χ0n) is 17.2. The van der Waals surface area contributed by atoms with Crippen molar-refractivity contribution in [2.45, 2.75) is 72.1 Å². The van der Waals surface area contributed by atoms with Gasteiger partial charge in [0.15, 0.2) is 0 Å². The fourth-order valence-corrected chi connectivity index (χ4v) is 5.06. The predicted octanol–water partition coefficient (Wildman–Crippen LogP) is 7.46. The summed E-state index contributed by atoms with van der Waals surface area (Å²) >= 11 is 0. The SMILES string of the molecule is CCCc1cc(C2=CC=CC2)c2c(c1CCC)-c1c(CCC)cccc1C2. The summed E-state index contributed by atoms with van der Waals surface area (Å²) in [6.07, 6.45) is 16.3. The molecule has 0 fully saturated rings. The van der Waals surface area contributed by atoms with Crippen molar-refractivity contribution in [1.82, 2.24) is 0 Å². The Morgan fingerprint density at radius 2 is 1.63 bits per heavy atom. The lowest BCUT2D eigenvalue weighted by Gasteiger charge is -2.20. The van der Waals surface area contributed by atoms with E-state index in [0.717, 1.165) is 12.8 Å². The molecule has 0 heterocycles. The van der Waals surface area contributed by atoms with Crippen molar-refractivity contribution in [3.63, 3.8) is 0 Å². The van der Waals surface area contributed by atoms with Crippen LogP contribution in [0.3, 0.4) is 0 Å². The first-order chi connectivity index (χ1) is 13.3. The van der Waals surface area contributed by atoms with Gasteiger partial charge in [-0.05, 0) is 82.2 Å². The Bertz CT molecular complexity index is 908. The predicted molar refractivity (Wildman–Crippen MR) is 118 cm³/mol. The molecule has 0 saturated heterocycles. The Hall–Kier alpha value is -2.08. The summed E-state index contributed by atoms with van der Waals surface area (Å²) in [7, 11) is 0. The minimum atomic E-state index is 1.09. The fraction of sp³-hybridized carbons (Fsp3) is 0.407. The lowest BCUT2D eigenvalue weighted by atomic mass is 9.84. The number of hydrogen-bond donors (Lipinski definition) is 0. The molecule has 2 aromatic rings. The van der Waals surface area contributed by atoms with Gasteiger partial charge in [-0.25, -0.2) is 0 Å². The van der Waals surface area contributed by atoms with Crippen molar-refractivity contribution in [3.05, 3.63) is 75.9 Å². The van der Waals surface area contributed by atoms with Crippen LogP contribution in [0, 0.1) is 0 Å². The van der Waals surface area contributed by atoms with E-state index in [0.29, 0.717) is 0 Å². The highest BCUT2D eigenvalue weighted by atomic mass is 14.3. The molecule has 0 aliphatic heterocycles. The number of benzene rings is 2. The Labute approximate surface area is 165 Å². The Morgan fingerprint density at radius 1 is 0.852 bits per heavy atom. The van der Waals surface area contributed by atoms with Gasteiger partial charge in [0, 0.05) is 0 Å². The minimum Gasteiger partial charge on any atom is -0.0801 e. The van der Waals surface area contributed by atoms with Crippen molar-refractivity contribution < 1.29 is 0 Å². The van der Waals surface area contributed by atoms with E-state index in [-0.39, 0.29) is 0 Å². The number of aryl methyl sites for hydroxylation is 2. The average molecular weight is 357 g/mol. The normalized spacial score (nSPS) is 14.4. The summed E-state index contributed by atoms with van der Waals surface area (Å²) in [6.45, 7) is 6.94. The second-order valence-corrected chi connectivity index (χ2v) is 8.12. The lowest BCUT2D eigenvalue weighted by Crippen LogP contribution is -2.03. The standard InChI is InChI=1S/C27H32/c1-4-10-20-15-9-16-22-18-25-24(19-13-7-8-14-19)17-21(11-5-2)23(12-6-3)27(25)26(20)22/h7-9,13,15-17H,4-6,10-12,14,18H2,1-3H3. The van der Waals surface area contributed by atoms with Crippen molar-refractivity contribution >= 4 is 5.57 Å². The topological polar surface area (TPSA) is 0 Å². The van der Waals surface area contributed by atoms with E-state index < -0.39 is 0 Å². The monoisotopic (exact) mass is 356 g/mol. The Balaban J connectivity index is 2.00. The second kappa shape index (κ2) is 7.89. The third-order valence-electron chi connectivity index (χ3n) is 6.15. The van der Waals surface area contributed by atoms with Gasteiger partial charge < -0.3 is 0 Å². The van der Waals surface area contributed by atoms with Gasteiger partial charge in [-0.1, -0.05) is 82.5 Å². The number of fused-ring (bicyclic) bond motifs is 3. The molecule has 0 heteroatoms. The summed E-state index contributed by atoms with van der Waals surface area (Å²) in [5, 5.41) is 0. The zero-order chi connectivity index (χ0) is 18.8. The highest BCUT2D eigenvalue weighted by Gasteiger charge is 2.28. The van der Waals surface area contributed by atoms with Crippen LogP contribution in [-0.4, -0.2) is 0 Å². The van der Waals surface area contributed by atoms with Crippen molar-refractivity contribution in [1.29, 1.82) is 0 Å². The molecule has 0 unspecified atom stereocenters. The summed E-state index contributed by atoms with van der Waals surface area (Å²) < 4.78 is 0. The van der Waals surface area contributed by atoms with Crippen LogP contribution >= 0.6 is 0 Å². The molecule has 0 bridgehead atoms. The second-order valence-electron chi connectivity index (χ2n) is 8.12. The van der Waals surface area contributed by atoms with Crippen molar-refractivity contribution in [2.75, 3.05) is 0 Å².